The number of amides is 2. The molecule has 0 bridgehead atoms. The van der Waals surface area contributed by atoms with Crippen LogP contribution < -0.4 is 5.32 Å². The van der Waals surface area contributed by atoms with Gasteiger partial charge in [0.1, 0.15) is 12.1 Å². The molecule has 0 heterocycles. The van der Waals surface area contributed by atoms with Crippen LogP contribution in [0.4, 0.5) is 4.79 Å². The van der Waals surface area contributed by atoms with Crippen molar-refractivity contribution in [3.8, 4) is 11.1 Å². The van der Waals surface area contributed by atoms with Gasteiger partial charge in [0.05, 0.1) is 5.92 Å². The minimum atomic E-state index is -1.35. The van der Waals surface area contributed by atoms with Crippen LogP contribution in [0.25, 0.3) is 11.1 Å². The Morgan fingerprint density at radius 1 is 1.03 bits per heavy atom. The number of ether oxygens (including phenoxy) is 1. The smallest absolute Gasteiger partial charge is 0.407 e. The highest BCUT2D eigenvalue weighted by Crippen LogP contribution is 2.44. The third-order valence-electron chi connectivity index (χ3n) is 6.52. The molecule has 2 aromatic rings. The van der Waals surface area contributed by atoms with Gasteiger partial charge in [0.15, 0.2) is 0 Å². The van der Waals surface area contributed by atoms with E-state index in [0.29, 0.717) is 0 Å². The minimum Gasteiger partial charge on any atom is -0.480 e. The molecule has 1 aliphatic rings. The van der Waals surface area contributed by atoms with Crippen LogP contribution in [0.5, 0.6) is 0 Å². The summed E-state index contributed by atoms with van der Waals surface area (Å²) in [6.07, 6.45) is -0.612. The predicted molar refractivity (Wildman–Crippen MR) is 121 cm³/mol. The van der Waals surface area contributed by atoms with Crippen LogP contribution in [0.15, 0.2) is 48.5 Å². The summed E-state index contributed by atoms with van der Waals surface area (Å²) in [5.41, 5.74) is 3.18. The minimum absolute atomic E-state index is 0.0509. The zero-order valence-corrected chi connectivity index (χ0v) is 19.1. The predicted octanol–water partition coefficient (Wildman–Crippen LogP) is 3.87. The number of hydrogen-bond acceptors (Lipinski definition) is 4. The number of nitrogens with zero attached hydrogens (tertiary/aromatic N) is 1. The van der Waals surface area contributed by atoms with Crippen molar-refractivity contribution in [2.75, 3.05) is 13.7 Å². The van der Waals surface area contributed by atoms with Crippen molar-refractivity contribution in [3.05, 3.63) is 59.7 Å². The Kier molecular flexibility index (Phi) is 6.57. The van der Waals surface area contributed by atoms with Crippen molar-refractivity contribution >= 4 is 18.0 Å². The number of carboxylic acids is 1. The second-order valence-corrected chi connectivity index (χ2v) is 8.81. The molecule has 0 aliphatic heterocycles. The molecular weight excluding hydrogens is 408 g/mol. The first-order valence-electron chi connectivity index (χ1n) is 10.7. The van der Waals surface area contributed by atoms with E-state index in [1.807, 2.05) is 36.4 Å². The normalized spacial score (nSPS) is 14.7. The molecule has 0 aromatic heterocycles. The lowest BCUT2D eigenvalue weighted by atomic mass is 9.97. The highest BCUT2D eigenvalue weighted by molar-refractivity contribution is 5.87. The molecule has 2 amide bonds. The molecule has 2 unspecified atom stereocenters. The van der Waals surface area contributed by atoms with Crippen LogP contribution in [-0.2, 0) is 14.3 Å². The number of benzene rings is 2. The van der Waals surface area contributed by atoms with Crippen molar-refractivity contribution in [1.29, 1.82) is 0 Å². The van der Waals surface area contributed by atoms with Gasteiger partial charge in [-0.2, -0.15) is 0 Å². The molecule has 2 atom stereocenters. The van der Waals surface area contributed by atoms with Crippen LogP contribution in [-0.4, -0.2) is 53.2 Å². The van der Waals surface area contributed by atoms with Gasteiger partial charge in [0.2, 0.25) is 5.91 Å². The number of nitrogens with one attached hydrogen (secondary N) is 1. The topological polar surface area (TPSA) is 95.9 Å². The van der Waals surface area contributed by atoms with Crippen LogP contribution in [0.2, 0.25) is 0 Å². The number of aliphatic carboxylic acids is 1. The number of rotatable bonds is 7. The van der Waals surface area contributed by atoms with E-state index in [-0.39, 0.29) is 18.4 Å². The maximum Gasteiger partial charge on any atom is 0.407 e. The zero-order valence-electron chi connectivity index (χ0n) is 19.1. The summed E-state index contributed by atoms with van der Waals surface area (Å²) in [6, 6.07) is 15.6. The van der Waals surface area contributed by atoms with Gasteiger partial charge in [-0.1, -0.05) is 55.5 Å². The molecule has 2 aromatic carbocycles. The van der Waals surface area contributed by atoms with Gasteiger partial charge in [-0.05, 0) is 43.0 Å². The summed E-state index contributed by atoms with van der Waals surface area (Å²) in [5.74, 6) is -2.15. The Morgan fingerprint density at radius 2 is 1.53 bits per heavy atom. The van der Waals surface area contributed by atoms with Crippen molar-refractivity contribution in [3.63, 3.8) is 0 Å². The Hall–Kier alpha value is -3.35. The third-order valence-corrected chi connectivity index (χ3v) is 6.52. The van der Waals surface area contributed by atoms with Crippen LogP contribution >= 0.6 is 0 Å². The fourth-order valence-corrected chi connectivity index (χ4v) is 3.89. The van der Waals surface area contributed by atoms with Crippen LogP contribution in [0, 0.1) is 5.92 Å². The number of fused-ring (bicyclic) bond motifs is 3. The van der Waals surface area contributed by atoms with Gasteiger partial charge in [0.25, 0.3) is 0 Å². The van der Waals surface area contributed by atoms with Crippen LogP contribution in [0.1, 0.15) is 44.7 Å². The van der Waals surface area contributed by atoms with E-state index in [1.165, 1.54) is 25.8 Å². The van der Waals surface area contributed by atoms with Gasteiger partial charge >= 0.3 is 12.1 Å². The molecule has 0 fully saturated rings. The molecule has 7 heteroatoms. The number of carbonyl (C=O) groups excluding carboxylic acids is 2. The van der Waals surface area contributed by atoms with E-state index in [0.717, 1.165) is 22.3 Å². The summed E-state index contributed by atoms with van der Waals surface area (Å²) in [6.45, 7) is 6.46. The SMILES string of the molecule is CC(NC(=O)OCC1c2ccccc2-c2ccccc21)C(C)C(=O)N(C)C(C)(C)C(=O)O. The van der Waals surface area contributed by atoms with E-state index in [4.69, 9.17) is 4.74 Å². The molecule has 0 radical (unpaired) electrons. The Balaban J connectivity index is 1.62. The number of carboxylic acid groups (broad SMARTS) is 1. The van der Waals surface area contributed by atoms with Gasteiger partial charge in [-0.25, -0.2) is 9.59 Å². The van der Waals surface area contributed by atoms with Gasteiger partial charge in [-0.15, -0.1) is 0 Å². The fraction of sp³-hybridized carbons (Fsp3) is 0.400. The first kappa shape index (κ1) is 23.3. The maximum atomic E-state index is 12.7. The quantitative estimate of drug-likeness (QED) is 0.684. The second kappa shape index (κ2) is 9.02. The molecule has 0 saturated heterocycles. The van der Waals surface area contributed by atoms with Crippen molar-refractivity contribution < 1.29 is 24.2 Å². The summed E-state index contributed by atoms with van der Waals surface area (Å²) >= 11 is 0. The molecule has 7 nitrogen and oxygen atoms in total. The summed E-state index contributed by atoms with van der Waals surface area (Å²) in [4.78, 5) is 37.8. The second-order valence-electron chi connectivity index (χ2n) is 8.81. The Morgan fingerprint density at radius 3 is 2.03 bits per heavy atom. The lowest BCUT2D eigenvalue weighted by molar-refractivity contribution is -0.157. The maximum absolute atomic E-state index is 12.7. The number of likely N-dealkylation sites (N-methyl/N-ethyl adjacent to an activating group) is 1. The van der Waals surface area contributed by atoms with E-state index in [1.54, 1.807) is 13.8 Å². The first-order valence-corrected chi connectivity index (χ1v) is 10.7. The lowest BCUT2D eigenvalue weighted by Gasteiger charge is -2.34. The highest BCUT2D eigenvalue weighted by Gasteiger charge is 2.38. The molecule has 32 heavy (non-hydrogen) atoms. The monoisotopic (exact) mass is 438 g/mol. The standard InChI is InChI=1S/C25H30N2O5/c1-15(22(28)27(5)25(3,4)23(29)30)16(2)26-24(31)32-14-21-19-12-8-6-10-17(19)18-11-7-9-13-20(18)21/h6-13,15-16,21H,14H2,1-5H3,(H,26,31)(H,29,30). The molecule has 0 saturated carbocycles. The molecule has 2 N–H and O–H groups in total. The summed E-state index contributed by atoms with van der Waals surface area (Å²) < 4.78 is 5.54. The lowest BCUT2D eigenvalue weighted by Crippen LogP contribution is -2.54. The average molecular weight is 439 g/mol. The third kappa shape index (κ3) is 4.33. The zero-order chi connectivity index (χ0) is 23.6. The molecule has 170 valence electrons. The van der Waals surface area contributed by atoms with Crippen LogP contribution in [0.3, 0.4) is 0 Å². The highest BCUT2D eigenvalue weighted by atomic mass is 16.5. The van der Waals surface area contributed by atoms with Crippen molar-refractivity contribution in [1.82, 2.24) is 10.2 Å². The Labute approximate surface area is 188 Å². The van der Waals surface area contributed by atoms with Gasteiger partial charge < -0.3 is 20.1 Å². The van der Waals surface area contributed by atoms with E-state index in [9.17, 15) is 19.5 Å². The van der Waals surface area contributed by atoms with E-state index < -0.39 is 29.6 Å². The van der Waals surface area contributed by atoms with Crippen molar-refractivity contribution in [2.24, 2.45) is 5.92 Å². The first-order chi connectivity index (χ1) is 15.1. The fourth-order valence-electron chi connectivity index (χ4n) is 3.89. The van der Waals surface area contributed by atoms with Gasteiger partial charge in [-0.3, -0.25) is 4.79 Å². The van der Waals surface area contributed by atoms with Crippen molar-refractivity contribution in [2.45, 2.75) is 45.2 Å². The van der Waals surface area contributed by atoms with E-state index >= 15 is 0 Å². The summed E-state index contributed by atoms with van der Waals surface area (Å²) in [5, 5.41) is 12.1. The molecule has 3 rings (SSSR count). The molecular formula is C25H30N2O5. The molecule has 0 spiro atoms. The summed E-state index contributed by atoms with van der Waals surface area (Å²) in [7, 11) is 1.45. The molecule has 1 aliphatic carbocycles. The number of alkyl carbamates (subject to hydrolysis) is 1. The number of hydrogen-bond donors (Lipinski definition) is 2. The average Bonchev–Trinajstić information content (AvgIpc) is 3.09. The largest absolute Gasteiger partial charge is 0.480 e. The number of carbonyl (C=O) groups is 3. The van der Waals surface area contributed by atoms with E-state index in [2.05, 4.69) is 17.4 Å². The Bertz CT molecular complexity index is 987. The van der Waals surface area contributed by atoms with Gasteiger partial charge in [0, 0.05) is 19.0 Å².